The quantitative estimate of drug-likeness (QED) is 0.0838. The van der Waals surface area contributed by atoms with Crippen LogP contribution in [0.25, 0.3) is 0 Å². The molecule has 1 saturated heterocycles. The van der Waals surface area contributed by atoms with Crippen molar-refractivity contribution in [2.45, 2.75) is 37.0 Å². The minimum Gasteiger partial charge on any atom is -0.377 e. The van der Waals surface area contributed by atoms with Crippen LogP contribution in [0.15, 0.2) is 0 Å². The molecular formula is C8H19BIO12P3S2. The topological polar surface area (TPSA) is 178 Å². The second-order valence-corrected chi connectivity index (χ2v) is 13.1. The molecule has 0 aromatic carbocycles. The predicted octanol–water partition coefficient (Wildman–Crippen LogP) is 1.97. The van der Waals surface area contributed by atoms with Crippen molar-refractivity contribution in [1.29, 1.82) is 0 Å². The van der Waals surface area contributed by atoms with E-state index in [9.17, 15) is 18.6 Å². The Bertz CT molecular complexity index is 623. The van der Waals surface area contributed by atoms with Crippen LogP contribution in [0.5, 0.6) is 0 Å². The van der Waals surface area contributed by atoms with Crippen molar-refractivity contribution in [3.63, 3.8) is 0 Å². The van der Waals surface area contributed by atoms with Gasteiger partial charge in [-0.05, 0) is 19.6 Å². The molecule has 1 rings (SSSR count). The molecule has 4 N–H and O–H groups in total. The molecule has 0 aliphatic carbocycles. The Morgan fingerprint density at radius 1 is 1.22 bits per heavy atom. The lowest BCUT2D eigenvalue weighted by Crippen LogP contribution is -2.30. The zero-order valence-corrected chi connectivity index (χ0v) is 20.5. The van der Waals surface area contributed by atoms with Gasteiger partial charge in [0.15, 0.2) is 0 Å². The zero-order chi connectivity index (χ0) is 20.9. The lowest BCUT2D eigenvalue weighted by atomic mass is 9.96. The first-order valence-electron chi connectivity index (χ1n) is 7.11. The van der Waals surface area contributed by atoms with Gasteiger partial charge >= 0.3 is 23.5 Å². The molecule has 1 aliphatic heterocycles. The van der Waals surface area contributed by atoms with Crippen LogP contribution >= 0.6 is 67.4 Å². The van der Waals surface area contributed by atoms with Crippen LogP contribution in [0.2, 0.25) is 0 Å². The van der Waals surface area contributed by atoms with E-state index in [2.05, 4.69) is 35.5 Å². The molecule has 27 heavy (non-hydrogen) atoms. The molecule has 0 amide bonds. The van der Waals surface area contributed by atoms with Gasteiger partial charge < -0.3 is 29.0 Å². The molecule has 12 nitrogen and oxygen atoms in total. The van der Waals surface area contributed by atoms with Gasteiger partial charge in [0.2, 0.25) is 5.14 Å². The van der Waals surface area contributed by atoms with Crippen molar-refractivity contribution in [3.05, 3.63) is 0 Å². The Morgan fingerprint density at radius 3 is 2.37 bits per heavy atom. The minimum absolute atomic E-state index is 0.170. The summed E-state index contributed by atoms with van der Waals surface area (Å²) in [7, 11) is -13.2. The van der Waals surface area contributed by atoms with E-state index in [1.165, 1.54) is 21.6 Å². The van der Waals surface area contributed by atoms with E-state index in [1.807, 2.05) is 13.2 Å². The average molecular weight is 602 g/mol. The highest BCUT2D eigenvalue weighted by molar-refractivity contribution is 14.1. The Balaban J connectivity index is 2.67. The van der Waals surface area contributed by atoms with E-state index in [0.29, 0.717) is 11.6 Å². The molecule has 0 bridgehead atoms. The highest BCUT2D eigenvalue weighted by Gasteiger charge is 2.43. The predicted molar refractivity (Wildman–Crippen MR) is 110 cm³/mol. The highest BCUT2D eigenvalue weighted by atomic mass is 127. The van der Waals surface area contributed by atoms with Gasteiger partial charge in [0.1, 0.15) is 11.5 Å². The maximum absolute atomic E-state index is 11.8. The fourth-order valence-corrected chi connectivity index (χ4v) is 7.07. The highest BCUT2D eigenvalue weighted by Crippen LogP contribution is 2.66. The molecule has 1 heterocycles. The van der Waals surface area contributed by atoms with Gasteiger partial charge in [0, 0.05) is 6.00 Å². The van der Waals surface area contributed by atoms with Gasteiger partial charge in [-0.3, -0.25) is 4.52 Å². The Labute approximate surface area is 177 Å². The third-order valence-electron chi connectivity index (χ3n) is 2.87. The summed E-state index contributed by atoms with van der Waals surface area (Å²) in [6.07, 6.45) is 1.20. The molecule has 0 radical (unpaired) electrons. The van der Waals surface area contributed by atoms with Crippen molar-refractivity contribution in [2.75, 3.05) is 12.9 Å². The summed E-state index contributed by atoms with van der Waals surface area (Å²) in [6, 6.07) is -0.170. The molecule has 0 saturated carbocycles. The van der Waals surface area contributed by atoms with Crippen LogP contribution in [0.4, 0.5) is 0 Å². The van der Waals surface area contributed by atoms with Gasteiger partial charge in [0.25, 0.3) is 0 Å². The van der Waals surface area contributed by atoms with E-state index >= 15 is 0 Å². The maximum Gasteiger partial charge on any atom is 0.490 e. The van der Waals surface area contributed by atoms with Crippen LogP contribution in [-0.2, 0) is 36.3 Å². The summed E-state index contributed by atoms with van der Waals surface area (Å²) >= 11 is 2.11. The van der Waals surface area contributed by atoms with Gasteiger partial charge in [-0.25, -0.2) is 13.7 Å². The van der Waals surface area contributed by atoms with Gasteiger partial charge in [-0.15, -0.1) is 0 Å². The summed E-state index contributed by atoms with van der Waals surface area (Å²) in [5.74, 6) is 0. The average Bonchev–Trinajstić information content (AvgIpc) is 2.83. The molecule has 0 aromatic heterocycles. The number of phosphoric ester groups is 1. The lowest BCUT2D eigenvalue weighted by molar-refractivity contribution is -0.0404. The first-order valence-corrected chi connectivity index (χ1v) is 15.8. The number of phosphoric acid groups is 3. The van der Waals surface area contributed by atoms with Crippen molar-refractivity contribution in [2.24, 2.45) is 0 Å². The second-order valence-electron chi connectivity index (χ2n) is 5.08. The Morgan fingerprint density at radius 2 is 1.85 bits per heavy atom. The summed E-state index contributed by atoms with van der Waals surface area (Å²) in [5.41, 5.74) is -0.185. The smallest absolute Gasteiger partial charge is 0.377 e. The number of halogens is 1. The van der Waals surface area contributed by atoms with E-state index < -0.39 is 42.3 Å². The summed E-state index contributed by atoms with van der Waals surface area (Å²) in [6.45, 7) is 1.32. The van der Waals surface area contributed by atoms with E-state index in [-0.39, 0.29) is 11.4 Å². The van der Waals surface area contributed by atoms with Gasteiger partial charge in [-0.1, -0.05) is 21.6 Å². The van der Waals surface area contributed by atoms with Crippen molar-refractivity contribution in [3.8, 4) is 0 Å². The van der Waals surface area contributed by atoms with Crippen LogP contribution in [0, 0.1) is 0 Å². The molecule has 0 spiro atoms. The van der Waals surface area contributed by atoms with Crippen LogP contribution in [-0.4, -0.2) is 61.2 Å². The normalized spacial score (nSPS) is 29.1. The molecule has 6 atom stereocenters. The number of ether oxygens (including phenoxy) is 2. The standard InChI is InChI=1S/C8H19BIO12P3S2/c1-5(27-26-2)19-6-3-8(9-10)20-7(6)4-18-24(14,15)22-25(16,17)21-23(11,12)13/h5-9H,3-4H2,1-2H3,(H,14,15)(H,16,17)(H2,11,12,13). The van der Waals surface area contributed by atoms with E-state index in [1.54, 1.807) is 0 Å². The third-order valence-corrected chi connectivity index (χ3v) is 9.62. The van der Waals surface area contributed by atoms with Gasteiger partial charge in [-0.2, -0.15) is 31.0 Å². The molecule has 1 fully saturated rings. The van der Waals surface area contributed by atoms with Crippen molar-refractivity contribution in [1.82, 2.24) is 0 Å². The fraction of sp³-hybridized carbons (Fsp3) is 1.00. The monoisotopic (exact) mass is 602 g/mol. The molecular weight excluding hydrogens is 583 g/mol. The third kappa shape index (κ3) is 11.1. The zero-order valence-electron chi connectivity index (χ0n) is 14.0. The number of hydrogen-bond donors (Lipinski definition) is 4. The van der Waals surface area contributed by atoms with E-state index in [0.717, 1.165) is 0 Å². The summed E-state index contributed by atoms with van der Waals surface area (Å²) in [5, 5.41) is 0.646. The first-order chi connectivity index (χ1) is 12.3. The molecule has 160 valence electrons. The SMILES string of the molecule is CSSC(C)OC1CC(BI)OC1COP(=O)(O)OP(=O)(O)OP(=O)(O)O. The first kappa shape index (κ1) is 26.9. The Hall–Kier alpha value is 1.82. The minimum atomic E-state index is -5.54. The van der Waals surface area contributed by atoms with E-state index in [4.69, 9.17) is 24.2 Å². The van der Waals surface area contributed by atoms with Crippen molar-refractivity contribution < 1.29 is 55.9 Å². The van der Waals surface area contributed by atoms with Crippen LogP contribution in [0.1, 0.15) is 13.3 Å². The largest absolute Gasteiger partial charge is 0.490 e. The van der Waals surface area contributed by atoms with Crippen molar-refractivity contribution >= 4 is 72.6 Å². The Kier molecular flexibility index (Phi) is 11.4. The second kappa shape index (κ2) is 11.4. The maximum atomic E-state index is 11.8. The summed E-state index contributed by atoms with van der Waals surface area (Å²) < 4.78 is 57.1. The number of hydrogen-bond acceptors (Lipinski definition) is 10. The molecule has 19 heteroatoms. The van der Waals surface area contributed by atoms with Crippen LogP contribution < -0.4 is 0 Å². The molecule has 0 aromatic rings. The summed E-state index contributed by atoms with van der Waals surface area (Å²) in [4.78, 5) is 35.6. The van der Waals surface area contributed by atoms with Crippen LogP contribution in [0.3, 0.4) is 0 Å². The number of rotatable bonds is 12. The molecule has 6 unspecified atom stereocenters. The fourth-order valence-electron chi connectivity index (χ4n) is 2.07. The lowest BCUT2D eigenvalue weighted by Gasteiger charge is -2.23. The molecule has 1 aliphatic rings. The van der Waals surface area contributed by atoms with Gasteiger partial charge in [0.05, 0.1) is 12.7 Å².